The zero-order valence-corrected chi connectivity index (χ0v) is 14.0. The fourth-order valence-electron chi connectivity index (χ4n) is 2.24. The molecule has 1 aromatic carbocycles. The number of carbonyl (C=O) groups excluding carboxylic acids is 1. The van der Waals surface area contributed by atoms with Crippen molar-refractivity contribution in [3.8, 4) is 0 Å². The van der Waals surface area contributed by atoms with Crippen LogP contribution < -0.4 is 0 Å². The SMILES string of the molecule is CCOC(=O)c1cc(C(OCc2cccs2)c2ccccc2)on1. The molecule has 0 aliphatic rings. The smallest absolute Gasteiger partial charge is 0.360 e. The summed E-state index contributed by atoms with van der Waals surface area (Å²) in [7, 11) is 0. The van der Waals surface area contributed by atoms with E-state index < -0.39 is 12.1 Å². The number of benzene rings is 1. The Morgan fingerprint density at radius 2 is 2.08 bits per heavy atom. The number of nitrogens with zero attached hydrogens (tertiary/aromatic N) is 1. The van der Waals surface area contributed by atoms with Crippen LogP contribution in [0.3, 0.4) is 0 Å². The number of aromatic nitrogens is 1. The van der Waals surface area contributed by atoms with E-state index in [1.165, 1.54) is 0 Å². The van der Waals surface area contributed by atoms with Gasteiger partial charge in [0.05, 0.1) is 13.2 Å². The van der Waals surface area contributed by atoms with Crippen LogP contribution in [0.1, 0.15) is 39.7 Å². The molecule has 0 saturated carbocycles. The lowest BCUT2D eigenvalue weighted by Crippen LogP contribution is -2.06. The predicted octanol–water partition coefficient (Wildman–Crippen LogP) is 4.22. The van der Waals surface area contributed by atoms with Crippen LogP contribution >= 0.6 is 11.3 Å². The molecule has 2 heterocycles. The van der Waals surface area contributed by atoms with Crippen molar-refractivity contribution in [3.05, 3.63) is 75.8 Å². The number of hydrogen-bond acceptors (Lipinski definition) is 6. The highest BCUT2D eigenvalue weighted by atomic mass is 32.1. The van der Waals surface area contributed by atoms with Gasteiger partial charge in [-0.2, -0.15) is 0 Å². The molecule has 1 unspecified atom stereocenters. The molecule has 0 bridgehead atoms. The summed E-state index contributed by atoms with van der Waals surface area (Å²) in [5.74, 6) is -0.0293. The van der Waals surface area contributed by atoms with Gasteiger partial charge in [-0.15, -0.1) is 11.3 Å². The molecule has 6 heteroatoms. The topological polar surface area (TPSA) is 61.6 Å². The summed E-state index contributed by atoms with van der Waals surface area (Å²) < 4.78 is 16.3. The lowest BCUT2D eigenvalue weighted by molar-refractivity contribution is 0.0484. The van der Waals surface area contributed by atoms with Crippen molar-refractivity contribution in [1.29, 1.82) is 0 Å². The normalized spacial score (nSPS) is 12.0. The predicted molar refractivity (Wildman–Crippen MR) is 89.9 cm³/mol. The van der Waals surface area contributed by atoms with Gasteiger partial charge >= 0.3 is 5.97 Å². The van der Waals surface area contributed by atoms with Crippen LogP contribution in [0.15, 0.2) is 58.4 Å². The third kappa shape index (κ3) is 3.90. The number of hydrogen-bond donors (Lipinski definition) is 0. The highest BCUT2D eigenvalue weighted by Gasteiger charge is 2.23. The average Bonchev–Trinajstić information content (AvgIpc) is 3.28. The van der Waals surface area contributed by atoms with E-state index in [0.717, 1.165) is 10.4 Å². The van der Waals surface area contributed by atoms with E-state index in [4.69, 9.17) is 14.0 Å². The molecule has 0 aliphatic carbocycles. The summed E-state index contributed by atoms with van der Waals surface area (Å²) in [4.78, 5) is 12.9. The fourth-order valence-corrected chi connectivity index (χ4v) is 2.87. The lowest BCUT2D eigenvalue weighted by Gasteiger charge is -2.15. The van der Waals surface area contributed by atoms with Crippen molar-refractivity contribution < 1.29 is 18.8 Å². The Hall–Kier alpha value is -2.44. The maximum atomic E-state index is 11.8. The fraction of sp³-hybridized carbons (Fsp3) is 0.222. The van der Waals surface area contributed by atoms with Crippen LogP contribution in [0.5, 0.6) is 0 Å². The monoisotopic (exact) mass is 343 g/mol. The molecule has 0 saturated heterocycles. The number of rotatable bonds is 7. The standard InChI is InChI=1S/C18H17NO4S/c1-2-21-18(20)15-11-16(23-19-15)17(13-7-4-3-5-8-13)22-12-14-9-6-10-24-14/h3-11,17H,2,12H2,1H3. The van der Waals surface area contributed by atoms with Gasteiger partial charge in [-0.3, -0.25) is 0 Å². The van der Waals surface area contributed by atoms with E-state index in [2.05, 4.69) is 5.16 Å². The summed E-state index contributed by atoms with van der Waals surface area (Å²) in [6.45, 7) is 2.49. The van der Waals surface area contributed by atoms with Crippen LogP contribution in [0, 0.1) is 0 Å². The molecular formula is C18H17NO4S. The second-order valence-corrected chi connectivity index (χ2v) is 6.05. The van der Waals surface area contributed by atoms with Gasteiger partial charge in [0.2, 0.25) is 0 Å². The molecule has 5 nitrogen and oxygen atoms in total. The first kappa shape index (κ1) is 16.4. The largest absolute Gasteiger partial charge is 0.461 e. The quantitative estimate of drug-likeness (QED) is 0.601. The molecule has 0 radical (unpaired) electrons. The Morgan fingerprint density at radius 3 is 2.79 bits per heavy atom. The minimum absolute atomic E-state index is 0.146. The van der Waals surface area contributed by atoms with Gasteiger partial charge in [-0.1, -0.05) is 41.6 Å². The number of thiophene rings is 1. The van der Waals surface area contributed by atoms with Gasteiger partial charge in [0.15, 0.2) is 11.5 Å². The Labute approximate surface area is 143 Å². The van der Waals surface area contributed by atoms with Gasteiger partial charge in [-0.05, 0) is 23.9 Å². The van der Waals surface area contributed by atoms with E-state index >= 15 is 0 Å². The maximum Gasteiger partial charge on any atom is 0.360 e. The summed E-state index contributed by atoms with van der Waals surface area (Å²) in [5.41, 5.74) is 1.08. The van der Waals surface area contributed by atoms with E-state index in [9.17, 15) is 4.79 Å². The molecular weight excluding hydrogens is 326 g/mol. The third-order valence-electron chi connectivity index (χ3n) is 3.35. The Morgan fingerprint density at radius 1 is 1.25 bits per heavy atom. The molecule has 0 fully saturated rings. The van der Waals surface area contributed by atoms with Gasteiger partial charge < -0.3 is 14.0 Å². The summed E-state index contributed by atoms with van der Waals surface area (Å²) in [6, 6.07) is 15.3. The third-order valence-corrected chi connectivity index (χ3v) is 4.20. The zero-order chi connectivity index (χ0) is 16.8. The molecule has 3 aromatic rings. The van der Waals surface area contributed by atoms with Crippen LogP contribution in [0.25, 0.3) is 0 Å². The van der Waals surface area contributed by atoms with Crippen molar-refractivity contribution in [3.63, 3.8) is 0 Å². The summed E-state index contributed by atoms with van der Waals surface area (Å²) in [6.07, 6.45) is -0.441. The van der Waals surface area contributed by atoms with Crippen molar-refractivity contribution in [1.82, 2.24) is 5.16 Å². The molecule has 0 aliphatic heterocycles. The second-order valence-electron chi connectivity index (χ2n) is 5.02. The molecule has 3 rings (SSSR count). The van der Waals surface area contributed by atoms with Crippen molar-refractivity contribution >= 4 is 17.3 Å². The minimum Gasteiger partial charge on any atom is -0.461 e. The number of carbonyl (C=O) groups is 1. The Balaban J connectivity index is 1.83. The molecule has 124 valence electrons. The Kier molecular flexibility index (Phi) is 5.40. The average molecular weight is 343 g/mol. The first-order valence-electron chi connectivity index (χ1n) is 7.60. The van der Waals surface area contributed by atoms with Crippen molar-refractivity contribution in [2.75, 3.05) is 6.61 Å². The number of esters is 1. The van der Waals surface area contributed by atoms with Crippen LogP contribution in [0.4, 0.5) is 0 Å². The van der Waals surface area contributed by atoms with Gasteiger partial charge in [0, 0.05) is 10.9 Å². The molecule has 0 N–H and O–H groups in total. The first-order chi connectivity index (χ1) is 11.8. The van der Waals surface area contributed by atoms with Crippen molar-refractivity contribution in [2.45, 2.75) is 19.6 Å². The van der Waals surface area contributed by atoms with Crippen LogP contribution in [0.2, 0.25) is 0 Å². The summed E-state index contributed by atoms with van der Waals surface area (Å²) in [5, 5.41) is 5.80. The van der Waals surface area contributed by atoms with Gasteiger partial charge in [-0.25, -0.2) is 4.79 Å². The molecule has 2 aromatic heterocycles. The minimum atomic E-state index is -0.502. The highest BCUT2D eigenvalue weighted by molar-refractivity contribution is 7.09. The van der Waals surface area contributed by atoms with Crippen molar-refractivity contribution in [2.24, 2.45) is 0 Å². The first-order valence-corrected chi connectivity index (χ1v) is 8.48. The molecule has 1 atom stereocenters. The van der Waals surface area contributed by atoms with E-state index in [1.807, 2.05) is 47.8 Å². The van der Waals surface area contributed by atoms with Crippen LogP contribution in [-0.2, 0) is 16.1 Å². The van der Waals surface area contributed by atoms with E-state index in [1.54, 1.807) is 24.3 Å². The Bertz CT molecular complexity index is 767. The van der Waals surface area contributed by atoms with E-state index in [-0.39, 0.29) is 12.3 Å². The molecule has 0 amide bonds. The van der Waals surface area contributed by atoms with Gasteiger partial charge in [0.25, 0.3) is 0 Å². The molecule has 24 heavy (non-hydrogen) atoms. The maximum absolute atomic E-state index is 11.8. The zero-order valence-electron chi connectivity index (χ0n) is 13.2. The molecule has 0 spiro atoms. The summed E-state index contributed by atoms with van der Waals surface area (Å²) >= 11 is 1.63. The van der Waals surface area contributed by atoms with Gasteiger partial charge in [0.1, 0.15) is 6.10 Å². The highest BCUT2D eigenvalue weighted by Crippen LogP contribution is 2.28. The van der Waals surface area contributed by atoms with E-state index in [0.29, 0.717) is 12.4 Å². The second kappa shape index (κ2) is 7.90. The lowest BCUT2D eigenvalue weighted by atomic mass is 10.1. The number of ether oxygens (including phenoxy) is 2. The van der Waals surface area contributed by atoms with Crippen LogP contribution in [-0.4, -0.2) is 17.7 Å².